The summed E-state index contributed by atoms with van der Waals surface area (Å²) in [7, 11) is 0. The van der Waals surface area contributed by atoms with E-state index in [0.717, 1.165) is 22.6 Å². The number of rotatable bonds is 8. The Kier molecular flexibility index (Phi) is 7.94. The fourth-order valence-electron chi connectivity index (χ4n) is 3.08. The van der Waals surface area contributed by atoms with Crippen LogP contribution in [0.1, 0.15) is 43.2 Å². The van der Waals surface area contributed by atoms with Crippen LogP contribution in [0.5, 0.6) is 5.75 Å². The van der Waals surface area contributed by atoms with Gasteiger partial charge in [-0.25, -0.2) is 0 Å². The minimum absolute atomic E-state index is 0.0631. The molecule has 2 amide bonds. The van der Waals surface area contributed by atoms with Gasteiger partial charge in [-0.05, 0) is 68.7 Å². The number of ether oxygens (including phenoxy) is 1. The fraction of sp³-hybridized carbons (Fsp3) is 0.333. The Balaban J connectivity index is 1.92. The molecular formula is C24H28N4O3S. The van der Waals surface area contributed by atoms with E-state index in [2.05, 4.69) is 15.3 Å². The first-order chi connectivity index (χ1) is 15.3. The van der Waals surface area contributed by atoms with E-state index in [0.29, 0.717) is 30.0 Å². The zero-order valence-electron chi connectivity index (χ0n) is 18.8. The summed E-state index contributed by atoms with van der Waals surface area (Å²) in [6, 6.07) is 11.4. The van der Waals surface area contributed by atoms with Crippen molar-refractivity contribution in [3.8, 4) is 17.0 Å². The standard InChI is InChI=1S/C24H28N4O3S/c1-16(2)31-20-9-7-19(8-10-20)22-15-32-24(28(22)13-5-12-25-18(4)29)27-23(30)21-11-6-17(3)14-26-21/h6-11,14-16H,5,12-13H2,1-4H3,(H,25,29). The molecule has 2 heterocycles. The number of thiazole rings is 1. The number of benzene rings is 1. The van der Waals surface area contributed by atoms with Crippen LogP contribution >= 0.6 is 11.3 Å². The van der Waals surface area contributed by atoms with Gasteiger partial charge in [0.25, 0.3) is 5.91 Å². The molecule has 3 rings (SSSR count). The van der Waals surface area contributed by atoms with Gasteiger partial charge in [0.2, 0.25) is 5.91 Å². The molecule has 0 bridgehead atoms. The number of hydrogen-bond donors (Lipinski definition) is 1. The Bertz CT molecular complexity index is 1130. The number of aryl methyl sites for hydroxylation is 1. The molecule has 0 atom stereocenters. The quantitative estimate of drug-likeness (QED) is 0.524. The van der Waals surface area contributed by atoms with Gasteiger partial charge in [-0.15, -0.1) is 11.3 Å². The largest absolute Gasteiger partial charge is 0.491 e. The minimum atomic E-state index is -0.380. The molecule has 1 aromatic carbocycles. The first-order valence-corrected chi connectivity index (χ1v) is 11.4. The third-order valence-corrected chi connectivity index (χ3v) is 5.44. The maximum absolute atomic E-state index is 12.7. The van der Waals surface area contributed by atoms with E-state index in [9.17, 15) is 9.59 Å². The number of carbonyl (C=O) groups is 2. The second kappa shape index (κ2) is 10.9. The Morgan fingerprint density at radius 1 is 1.19 bits per heavy atom. The Morgan fingerprint density at radius 3 is 2.56 bits per heavy atom. The minimum Gasteiger partial charge on any atom is -0.491 e. The predicted molar refractivity (Wildman–Crippen MR) is 126 cm³/mol. The SMILES string of the molecule is CC(=O)NCCCn1c(-c2ccc(OC(C)C)cc2)csc1=NC(=O)c1ccc(C)cn1. The van der Waals surface area contributed by atoms with Crippen molar-refractivity contribution in [3.63, 3.8) is 0 Å². The monoisotopic (exact) mass is 452 g/mol. The van der Waals surface area contributed by atoms with Crippen LogP contribution in [-0.2, 0) is 11.3 Å². The summed E-state index contributed by atoms with van der Waals surface area (Å²) in [5.41, 5.74) is 3.25. The number of pyridine rings is 1. The number of amides is 2. The number of hydrogen-bond acceptors (Lipinski definition) is 5. The molecule has 3 aromatic rings. The van der Waals surface area contributed by atoms with Crippen molar-refractivity contribution in [2.75, 3.05) is 6.54 Å². The van der Waals surface area contributed by atoms with Crippen molar-refractivity contribution in [1.29, 1.82) is 0 Å². The Hall–Kier alpha value is -3.26. The van der Waals surface area contributed by atoms with Crippen molar-refractivity contribution in [2.24, 2.45) is 4.99 Å². The summed E-state index contributed by atoms with van der Waals surface area (Å²) in [5, 5.41) is 4.80. The molecule has 1 N–H and O–H groups in total. The topological polar surface area (TPSA) is 85.6 Å². The molecule has 0 aliphatic carbocycles. The van der Waals surface area contributed by atoms with Gasteiger partial charge in [-0.3, -0.25) is 14.6 Å². The maximum atomic E-state index is 12.7. The molecule has 0 aliphatic rings. The first kappa shape index (κ1) is 23.4. The Labute approximate surface area is 191 Å². The highest BCUT2D eigenvalue weighted by molar-refractivity contribution is 7.07. The van der Waals surface area contributed by atoms with Crippen LogP contribution in [0.25, 0.3) is 11.3 Å². The summed E-state index contributed by atoms with van der Waals surface area (Å²) in [6.45, 7) is 8.55. The van der Waals surface area contributed by atoms with Crippen molar-refractivity contribution >= 4 is 23.2 Å². The van der Waals surface area contributed by atoms with Crippen LogP contribution in [-0.4, -0.2) is 34.0 Å². The molecule has 0 spiro atoms. The van der Waals surface area contributed by atoms with E-state index in [1.807, 2.05) is 61.1 Å². The van der Waals surface area contributed by atoms with E-state index in [-0.39, 0.29) is 17.9 Å². The molecular weight excluding hydrogens is 424 g/mol. The summed E-state index contributed by atoms with van der Waals surface area (Å²) < 4.78 is 7.75. The van der Waals surface area contributed by atoms with Gasteiger partial charge in [-0.1, -0.05) is 6.07 Å². The van der Waals surface area contributed by atoms with Crippen molar-refractivity contribution < 1.29 is 14.3 Å². The van der Waals surface area contributed by atoms with Crippen molar-refractivity contribution in [3.05, 3.63) is 64.0 Å². The highest BCUT2D eigenvalue weighted by atomic mass is 32.1. The summed E-state index contributed by atoms with van der Waals surface area (Å²) >= 11 is 1.41. The summed E-state index contributed by atoms with van der Waals surface area (Å²) in [6.07, 6.45) is 2.47. The van der Waals surface area contributed by atoms with Crippen LogP contribution in [0, 0.1) is 6.92 Å². The molecule has 0 saturated heterocycles. The number of nitrogens with zero attached hydrogens (tertiary/aromatic N) is 3. The molecule has 7 nitrogen and oxygen atoms in total. The lowest BCUT2D eigenvalue weighted by molar-refractivity contribution is -0.118. The smallest absolute Gasteiger partial charge is 0.298 e. The molecule has 0 saturated carbocycles. The number of aromatic nitrogens is 2. The second-order valence-electron chi connectivity index (χ2n) is 7.72. The molecule has 0 unspecified atom stereocenters. The number of carbonyl (C=O) groups excluding carboxylic acids is 2. The molecule has 0 aliphatic heterocycles. The van der Waals surface area contributed by atoms with Crippen molar-refractivity contribution in [1.82, 2.24) is 14.9 Å². The molecule has 0 fully saturated rings. The van der Waals surface area contributed by atoms with Crippen LogP contribution in [0.15, 0.2) is 53.0 Å². The van der Waals surface area contributed by atoms with Crippen molar-refractivity contribution in [2.45, 2.75) is 46.8 Å². The maximum Gasteiger partial charge on any atom is 0.298 e. The van der Waals surface area contributed by atoms with Gasteiger partial charge in [0.15, 0.2) is 4.80 Å². The van der Waals surface area contributed by atoms with Crippen LogP contribution < -0.4 is 14.9 Å². The summed E-state index contributed by atoms with van der Waals surface area (Å²) in [5.74, 6) is 0.364. The van der Waals surface area contributed by atoms with Crippen LogP contribution in [0.4, 0.5) is 0 Å². The van der Waals surface area contributed by atoms with Crippen LogP contribution in [0.2, 0.25) is 0 Å². The van der Waals surface area contributed by atoms with E-state index in [1.165, 1.54) is 18.3 Å². The third kappa shape index (κ3) is 6.37. The van der Waals surface area contributed by atoms with Gasteiger partial charge in [-0.2, -0.15) is 4.99 Å². The van der Waals surface area contributed by atoms with Gasteiger partial charge < -0.3 is 14.6 Å². The molecule has 0 radical (unpaired) electrons. The highest BCUT2D eigenvalue weighted by Crippen LogP contribution is 2.24. The van der Waals surface area contributed by atoms with E-state index in [1.54, 1.807) is 12.3 Å². The lowest BCUT2D eigenvalue weighted by Crippen LogP contribution is -2.24. The Morgan fingerprint density at radius 2 is 1.94 bits per heavy atom. The zero-order valence-corrected chi connectivity index (χ0v) is 19.6. The van der Waals surface area contributed by atoms with Gasteiger partial charge in [0.05, 0.1) is 11.8 Å². The van der Waals surface area contributed by atoms with Gasteiger partial charge >= 0.3 is 0 Å². The van der Waals surface area contributed by atoms with Gasteiger partial charge in [0, 0.05) is 31.6 Å². The fourth-order valence-corrected chi connectivity index (χ4v) is 4.01. The average molecular weight is 453 g/mol. The molecule has 32 heavy (non-hydrogen) atoms. The van der Waals surface area contributed by atoms with E-state index >= 15 is 0 Å². The van der Waals surface area contributed by atoms with E-state index in [4.69, 9.17) is 4.74 Å². The summed E-state index contributed by atoms with van der Waals surface area (Å²) in [4.78, 5) is 33.0. The molecule has 2 aromatic heterocycles. The highest BCUT2D eigenvalue weighted by Gasteiger charge is 2.12. The molecule has 168 valence electrons. The van der Waals surface area contributed by atoms with E-state index < -0.39 is 0 Å². The van der Waals surface area contributed by atoms with Crippen LogP contribution in [0.3, 0.4) is 0 Å². The van der Waals surface area contributed by atoms with Gasteiger partial charge in [0.1, 0.15) is 11.4 Å². The third-order valence-electron chi connectivity index (χ3n) is 4.58. The zero-order chi connectivity index (χ0) is 23.1. The lowest BCUT2D eigenvalue weighted by Gasteiger charge is -2.12. The lowest BCUT2D eigenvalue weighted by atomic mass is 10.1. The molecule has 8 heteroatoms. The normalized spacial score (nSPS) is 11.6. The average Bonchev–Trinajstić information content (AvgIpc) is 3.14. The second-order valence-corrected chi connectivity index (χ2v) is 8.56. The number of nitrogens with one attached hydrogen (secondary N) is 1. The predicted octanol–water partition coefficient (Wildman–Crippen LogP) is 3.97. The first-order valence-electron chi connectivity index (χ1n) is 10.5.